The lowest BCUT2D eigenvalue weighted by Crippen LogP contribution is -2.22. The lowest BCUT2D eigenvalue weighted by molar-refractivity contribution is -0.274. The Kier molecular flexibility index (Phi) is 7.83. The van der Waals surface area contributed by atoms with Crippen molar-refractivity contribution in [3.05, 3.63) is 75.3 Å². The SMILES string of the molecule is C/C(=N\NC(=O)c1ccc(C(=O)NCc2cn(C)cn2)s1)c1csc(-c2ccc(OC(F)(F)F)cc2)c1O. The molecule has 2 amide bonds. The number of aromatic nitrogens is 2. The number of nitrogens with one attached hydrogen (secondary N) is 2. The van der Waals surface area contributed by atoms with Crippen molar-refractivity contribution in [2.45, 2.75) is 19.8 Å². The molecule has 38 heavy (non-hydrogen) atoms. The Labute approximate surface area is 222 Å². The predicted octanol–water partition coefficient (Wildman–Crippen LogP) is 4.90. The van der Waals surface area contributed by atoms with Gasteiger partial charge in [-0.1, -0.05) is 0 Å². The molecule has 0 saturated carbocycles. The lowest BCUT2D eigenvalue weighted by Gasteiger charge is -2.09. The topological polar surface area (TPSA) is 118 Å². The Morgan fingerprint density at radius 2 is 1.82 bits per heavy atom. The second-order valence-corrected chi connectivity index (χ2v) is 9.88. The summed E-state index contributed by atoms with van der Waals surface area (Å²) in [5.74, 6) is -1.38. The molecule has 14 heteroatoms. The summed E-state index contributed by atoms with van der Waals surface area (Å²) in [4.78, 5) is 30.1. The molecular formula is C24H20F3N5O4S2. The average Bonchev–Trinajstić information content (AvgIpc) is 3.60. The van der Waals surface area contributed by atoms with Gasteiger partial charge in [0.1, 0.15) is 11.5 Å². The highest BCUT2D eigenvalue weighted by Gasteiger charge is 2.31. The maximum absolute atomic E-state index is 12.5. The molecule has 1 aromatic carbocycles. The Bertz CT molecular complexity index is 1490. The first-order valence-corrected chi connectivity index (χ1v) is 12.6. The number of nitrogens with zero attached hydrogens (tertiary/aromatic N) is 3. The van der Waals surface area contributed by atoms with Crippen LogP contribution in [0.3, 0.4) is 0 Å². The molecule has 9 nitrogen and oxygen atoms in total. The normalized spacial score (nSPS) is 11.9. The highest BCUT2D eigenvalue weighted by Crippen LogP contribution is 2.39. The lowest BCUT2D eigenvalue weighted by atomic mass is 10.1. The highest BCUT2D eigenvalue weighted by atomic mass is 32.1. The van der Waals surface area contributed by atoms with E-state index in [9.17, 15) is 27.9 Å². The maximum Gasteiger partial charge on any atom is 0.573 e. The fraction of sp³-hybridized carbons (Fsp3) is 0.167. The van der Waals surface area contributed by atoms with Crippen molar-refractivity contribution >= 4 is 40.2 Å². The van der Waals surface area contributed by atoms with Gasteiger partial charge >= 0.3 is 6.36 Å². The fourth-order valence-electron chi connectivity index (χ4n) is 3.27. The number of hydrogen-bond acceptors (Lipinski definition) is 8. The van der Waals surface area contributed by atoms with Gasteiger partial charge in [-0.25, -0.2) is 10.4 Å². The fourth-order valence-corrected chi connectivity index (χ4v) is 5.09. The van der Waals surface area contributed by atoms with Crippen molar-refractivity contribution in [1.82, 2.24) is 20.3 Å². The molecule has 0 aliphatic carbocycles. The molecule has 3 aromatic heterocycles. The van der Waals surface area contributed by atoms with Gasteiger partial charge in [0, 0.05) is 18.6 Å². The Morgan fingerprint density at radius 3 is 2.45 bits per heavy atom. The third-order valence-corrected chi connectivity index (χ3v) is 7.17. The van der Waals surface area contributed by atoms with Crippen molar-refractivity contribution in [1.29, 1.82) is 0 Å². The number of carbonyl (C=O) groups excluding carboxylic acids is 2. The largest absolute Gasteiger partial charge is 0.573 e. The summed E-state index contributed by atoms with van der Waals surface area (Å²) in [5, 5.41) is 19.0. The number of amides is 2. The second-order valence-electron chi connectivity index (χ2n) is 7.91. The number of alkyl halides is 3. The van der Waals surface area contributed by atoms with Gasteiger partial charge in [-0.2, -0.15) is 5.10 Å². The zero-order valence-electron chi connectivity index (χ0n) is 19.9. The molecule has 3 heterocycles. The molecular weight excluding hydrogens is 543 g/mol. The van der Waals surface area contributed by atoms with Crippen LogP contribution in [0.5, 0.6) is 11.5 Å². The van der Waals surface area contributed by atoms with E-state index in [1.54, 1.807) is 29.4 Å². The van der Waals surface area contributed by atoms with Crippen LogP contribution in [0.15, 0.2) is 59.4 Å². The quantitative estimate of drug-likeness (QED) is 0.208. The van der Waals surface area contributed by atoms with Crippen molar-refractivity contribution < 1.29 is 32.6 Å². The molecule has 0 atom stereocenters. The van der Waals surface area contributed by atoms with Crippen molar-refractivity contribution in [3.63, 3.8) is 0 Å². The van der Waals surface area contributed by atoms with Gasteiger partial charge in [-0.3, -0.25) is 9.59 Å². The van der Waals surface area contributed by atoms with E-state index >= 15 is 0 Å². The molecule has 0 aliphatic rings. The number of hydrogen-bond donors (Lipinski definition) is 3. The summed E-state index contributed by atoms with van der Waals surface area (Å²) in [5.41, 5.74) is 4.24. The second kappa shape index (κ2) is 11.1. The van der Waals surface area contributed by atoms with Gasteiger partial charge < -0.3 is 19.7 Å². The monoisotopic (exact) mass is 563 g/mol. The minimum Gasteiger partial charge on any atom is -0.506 e. The highest BCUT2D eigenvalue weighted by molar-refractivity contribution is 7.16. The van der Waals surface area contributed by atoms with Crippen LogP contribution in [-0.2, 0) is 13.6 Å². The molecule has 0 bridgehead atoms. The van der Waals surface area contributed by atoms with Gasteiger partial charge in [0.15, 0.2) is 0 Å². The number of benzene rings is 1. The van der Waals surface area contributed by atoms with Crippen LogP contribution in [0.1, 0.15) is 37.5 Å². The summed E-state index contributed by atoms with van der Waals surface area (Å²) in [6.07, 6.45) is -1.39. The van der Waals surface area contributed by atoms with Crippen LogP contribution < -0.4 is 15.5 Å². The molecule has 0 fully saturated rings. The first-order valence-electron chi connectivity index (χ1n) is 10.9. The number of rotatable bonds is 8. The van der Waals surface area contributed by atoms with Gasteiger partial charge in [0.05, 0.1) is 44.5 Å². The Hall–Kier alpha value is -4.17. The number of aryl methyl sites for hydroxylation is 1. The van der Waals surface area contributed by atoms with Crippen molar-refractivity contribution in [2.24, 2.45) is 12.1 Å². The molecule has 0 aliphatic heterocycles. The van der Waals surface area contributed by atoms with Crippen LogP contribution in [0.4, 0.5) is 13.2 Å². The van der Waals surface area contributed by atoms with Crippen LogP contribution in [-0.4, -0.2) is 38.5 Å². The molecule has 0 unspecified atom stereocenters. The van der Waals surface area contributed by atoms with E-state index < -0.39 is 12.3 Å². The third kappa shape index (κ3) is 6.58. The Balaban J connectivity index is 1.37. The number of thiophene rings is 2. The summed E-state index contributed by atoms with van der Waals surface area (Å²) < 4.78 is 42.7. The van der Waals surface area contributed by atoms with E-state index in [1.165, 1.54) is 24.3 Å². The van der Waals surface area contributed by atoms with Gasteiger partial charge in [-0.05, 0) is 48.9 Å². The zero-order valence-corrected chi connectivity index (χ0v) is 21.5. The average molecular weight is 564 g/mol. The van der Waals surface area contributed by atoms with E-state index in [1.807, 2.05) is 7.05 Å². The van der Waals surface area contributed by atoms with E-state index in [0.717, 1.165) is 34.8 Å². The van der Waals surface area contributed by atoms with Crippen LogP contribution >= 0.6 is 22.7 Å². The molecule has 4 aromatic rings. The number of imidazole rings is 1. The number of aromatic hydroxyl groups is 1. The Morgan fingerprint density at radius 1 is 1.13 bits per heavy atom. The first kappa shape index (κ1) is 26.9. The van der Waals surface area contributed by atoms with Crippen molar-refractivity contribution in [2.75, 3.05) is 0 Å². The molecule has 0 saturated heterocycles. The predicted molar refractivity (Wildman–Crippen MR) is 136 cm³/mol. The smallest absolute Gasteiger partial charge is 0.506 e. The standard InChI is InChI=1S/C24H20F3N5O4S2/c1-13(17-11-37-21(20(17)33)14-3-5-16(6-4-14)36-24(25,26)27)30-31-23(35)19-8-7-18(38-19)22(34)28-9-15-10-32(2)12-29-15/h3-8,10-12,33H,9H2,1-2H3,(H,28,34)(H,31,35)/b30-13+. The molecule has 4 rings (SSSR count). The minimum atomic E-state index is -4.80. The summed E-state index contributed by atoms with van der Waals surface area (Å²) in [6.45, 7) is 1.83. The number of ether oxygens (including phenoxy) is 1. The molecule has 3 N–H and O–H groups in total. The number of hydrazone groups is 1. The summed E-state index contributed by atoms with van der Waals surface area (Å²) >= 11 is 2.16. The summed E-state index contributed by atoms with van der Waals surface area (Å²) in [6, 6.07) is 8.13. The van der Waals surface area contributed by atoms with Gasteiger partial charge in [0.2, 0.25) is 0 Å². The van der Waals surface area contributed by atoms with Gasteiger partial charge in [-0.15, -0.1) is 35.8 Å². The summed E-state index contributed by atoms with van der Waals surface area (Å²) in [7, 11) is 1.82. The molecule has 0 radical (unpaired) electrons. The van der Waals surface area contributed by atoms with E-state index in [2.05, 4.69) is 25.6 Å². The number of carbonyl (C=O) groups is 2. The first-order chi connectivity index (χ1) is 18.0. The third-order valence-electron chi connectivity index (χ3n) is 5.07. The maximum atomic E-state index is 12.5. The van der Waals surface area contributed by atoms with E-state index in [4.69, 9.17) is 0 Å². The van der Waals surface area contributed by atoms with Gasteiger partial charge in [0.25, 0.3) is 11.8 Å². The molecule has 198 valence electrons. The van der Waals surface area contributed by atoms with Crippen molar-refractivity contribution in [3.8, 4) is 21.9 Å². The number of halogens is 3. The van der Waals surface area contributed by atoms with E-state index in [-0.39, 0.29) is 28.8 Å². The minimum absolute atomic E-state index is 0.127. The zero-order chi connectivity index (χ0) is 27.4. The molecule has 0 spiro atoms. The van der Waals surface area contributed by atoms with Crippen LogP contribution in [0.25, 0.3) is 10.4 Å². The van der Waals surface area contributed by atoms with Crippen LogP contribution in [0, 0.1) is 0 Å². The van der Waals surface area contributed by atoms with Crippen LogP contribution in [0.2, 0.25) is 0 Å². The van der Waals surface area contributed by atoms with E-state index in [0.29, 0.717) is 32.3 Å².